The molecule has 31 heavy (non-hydrogen) atoms. The van der Waals surface area contributed by atoms with Crippen molar-refractivity contribution in [1.82, 2.24) is 10.6 Å². The van der Waals surface area contributed by atoms with E-state index < -0.39 is 0 Å². The molecule has 2 N–H and O–H groups in total. The summed E-state index contributed by atoms with van der Waals surface area (Å²) in [7, 11) is 3.46. The van der Waals surface area contributed by atoms with Crippen LogP contribution in [0.2, 0.25) is 0 Å². The first-order valence-corrected chi connectivity index (χ1v) is 11.2. The molecule has 0 aromatic heterocycles. The molecule has 176 valence electrons. The highest BCUT2D eigenvalue weighted by Crippen LogP contribution is 2.30. The van der Waals surface area contributed by atoms with Crippen LogP contribution in [-0.4, -0.2) is 58.2 Å². The lowest BCUT2D eigenvalue weighted by atomic mass is 9.94. The summed E-state index contributed by atoms with van der Waals surface area (Å²) in [5.74, 6) is 2.46. The Morgan fingerprint density at radius 2 is 1.90 bits per heavy atom. The van der Waals surface area contributed by atoms with Gasteiger partial charge in [-0.3, -0.25) is 0 Å². The zero-order valence-corrected chi connectivity index (χ0v) is 21.4. The van der Waals surface area contributed by atoms with Gasteiger partial charge in [-0.1, -0.05) is 0 Å². The van der Waals surface area contributed by atoms with Gasteiger partial charge in [0.25, 0.3) is 0 Å². The normalized spacial score (nSPS) is 18.9. The highest BCUT2D eigenvalue weighted by Gasteiger charge is 2.32. The molecule has 3 rings (SSSR count). The van der Waals surface area contributed by atoms with Crippen molar-refractivity contribution in [2.45, 2.75) is 63.7 Å². The predicted molar refractivity (Wildman–Crippen MR) is 134 cm³/mol. The highest BCUT2D eigenvalue weighted by molar-refractivity contribution is 14.0. The van der Waals surface area contributed by atoms with Crippen molar-refractivity contribution in [2.24, 2.45) is 4.99 Å². The Kier molecular flexibility index (Phi) is 11.2. The van der Waals surface area contributed by atoms with Gasteiger partial charge in [0.2, 0.25) is 0 Å². The van der Waals surface area contributed by atoms with Crippen LogP contribution < -0.4 is 20.1 Å². The van der Waals surface area contributed by atoms with Crippen molar-refractivity contribution in [2.75, 3.05) is 40.5 Å². The Morgan fingerprint density at radius 1 is 1.16 bits per heavy atom. The first-order chi connectivity index (χ1) is 14.7. The van der Waals surface area contributed by atoms with E-state index in [1.807, 2.05) is 18.2 Å². The third-order valence-electron chi connectivity index (χ3n) is 6.04. The van der Waals surface area contributed by atoms with E-state index in [9.17, 15) is 0 Å². The average molecular weight is 547 g/mol. The molecule has 0 amide bonds. The van der Waals surface area contributed by atoms with Crippen molar-refractivity contribution in [3.63, 3.8) is 0 Å². The molecule has 1 aliphatic carbocycles. The molecule has 1 saturated heterocycles. The second-order valence-corrected chi connectivity index (χ2v) is 8.05. The minimum atomic E-state index is -0.203. The molecule has 1 aromatic carbocycles. The lowest BCUT2D eigenvalue weighted by molar-refractivity contribution is -0.0855. The average Bonchev–Trinajstić information content (AvgIpc) is 3.30. The SMILES string of the molecule is CCNC(=NCc1ccc(OC)cc1OC1CCCC1)NCC1(OC)CCOCC1.I. The summed E-state index contributed by atoms with van der Waals surface area (Å²) in [5, 5.41) is 6.80. The van der Waals surface area contributed by atoms with Gasteiger partial charge in [-0.25, -0.2) is 4.99 Å². The van der Waals surface area contributed by atoms with E-state index in [2.05, 4.69) is 17.6 Å². The highest BCUT2D eigenvalue weighted by atomic mass is 127. The first-order valence-electron chi connectivity index (χ1n) is 11.2. The Balaban J connectivity index is 0.00000341. The molecule has 0 atom stereocenters. The van der Waals surface area contributed by atoms with E-state index in [1.165, 1.54) is 12.8 Å². The van der Waals surface area contributed by atoms with Crippen LogP contribution in [0, 0.1) is 0 Å². The number of ether oxygens (including phenoxy) is 4. The van der Waals surface area contributed by atoms with E-state index >= 15 is 0 Å². The van der Waals surface area contributed by atoms with E-state index in [1.54, 1.807) is 14.2 Å². The number of nitrogens with zero attached hydrogens (tertiary/aromatic N) is 1. The summed E-state index contributed by atoms with van der Waals surface area (Å²) in [4.78, 5) is 4.81. The van der Waals surface area contributed by atoms with Gasteiger partial charge in [0, 0.05) is 57.9 Å². The van der Waals surface area contributed by atoms with Gasteiger partial charge in [0.05, 0.1) is 25.4 Å². The van der Waals surface area contributed by atoms with Crippen LogP contribution in [0.15, 0.2) is 23.2 Å². The van der Waals surface area contributed by atoms with Crippen molar-refractivity contribution >= 4 is 29.9 Å². The largest absolute Gasteiger partial charge is 0.497 e. The fourth-order valence-electron chi connectivity index (χ4n) is 4.04. The lowest BCUT2D eigenvalue weighted by Crippen LogP contribution is -2.50. The number of methoxy groups -OCH3 is 2. The number of aliphatic imine (C=N–C) groups is 1. The van der Waals surface area contributed by atoms with Crippen LogP contribution in [0.25, 0.3) is 0 Å². The van der Waals surface area contributed by atoms with Gasteiger partial charge < -0.3 is 29.6 Å². The molecule has 7 nitrogen and oxygen atoms in total. The van der Waals surface area contributed by atoms with E-state index in [4.69, 9.17) is 23.9 Å². The van der Waals surface area contributed by atoms with Gasteiger partial charge >= 0.3 is 0 Å². The number of halogens is 1. The molecule has 1 aromatic rings. The smallest absolute Gasteiger partial charge is 0.191 e. The summed E-state index contributed by atoms with van der Waals surface area (Å²) in [5.41, 5.74) is 0.859. The van der Waals surface area contributed by atoms with Gasteiger partial charge in [-0.15, -0.1) is 24.0 Å². The molecular formula is C23H38IN3O4. The number of guanidine groups is 1. The third-order valence-corrected chi connectivity index (χ3v) is 6.04. The van der Waals surface area contributed by atoms with Crippen LogP contribution in [0.3, 0.4) is 0 Å². The first kappa shape index (κ1) is 26.0. The maximum absolute atomic E-state index is 6.31. The molecule has 2 aliphatic rings. The van der Waals surface area contributed by atoms with Crippen LogP contribution >= 0.6 is 24.0 Å². The summed E-state index contributed by atoms with van der Waals surface area (Å²) in [6.07, 6.45) is 6.77. The maximum Gasteiger partial charge on any atom is 0.191 e. The summed E-state index contributed by atoms with van der Waals surface area (Å²) >= 11 is 0. The summed E-state index contributed by atoms with van der Waals surface area (Å²) in [6.45, 7) is 5.56. The summed E-state index contributed by atoms with van der Waals surface area (Å²) in [6, 6.07) is 5.99. The Morgan fingerprint density at radius 3 is 2.55 bits per heavy atom. The van der Waals surface area contributed by atoms with Crippen molar-refractivity contribution in [3.8, 4) is 11.5 Å². The molecule has 0 bridgehead atoms. The third kappa shape index (κ3) is 7.68. The molecule has 1 aliphatic heterocycles. The van der Waals surface area contributed by atoms with Crippen molar-refractivity contribution < 1.29 is 18.9 Å². The van der Waals surface area contributed by atoms with E-state index in [0.717, 1.165) is 68.5 Å². The quantitative estimate of drug-likeness (QED) is 0.278. The Bertz CT molecular complexity index is 689. The molecule has 8 heteroatoms. The van der Waals surface area contributed by atoms with Crippen LogP contribution in [0.1, 0.15) is 51.0 Å². The van der Waals surface area contributed by atoms with Gasteiger partial charge in [-0.2, -0.15) is 0 Å². The second kappa shape index (κ2) is 13.3. The standard InChI is InChI=1S/C23H37N3O4.HI/c1-4-24-22(26-17-23(28-3)11-13-29-14-12-23)25-16-18-9-10-20(27-2)15-21(18)30-19-7-5-6-8-19;/h9-10,15,19H,4-8,11-14,16-17H2,1-3H3,(H2,24,25,26);1H. The fraction of sp³-hybridized carbons (Fsp3) is 0.696. The topological polar surface area (TPSA) is 73.3 Å². The number of hydrogen-bond acceptors (Lipinski definition) is 5. The second-order valence-electron chi connectivity index (χ2n) is 8.05. The zero-order chi connectivity index (χ0) is 21.2. The molecule has 1 heterocycles. The molecular weight excluding hydrogens is 509 g/mol. The summed E-state index contributed by atoms with van der Waals surface area (Å²) < 4.78 is 23.0. The number of nitrogens with one attached hydrogen (secondary N) is 2. The van der Waals surface area contributed by atoms with E-state index in [0.29, 0.717) is 19.2 Å². The minimum absolute atomic E-state index is 0. The fourth-order valence-corrected chi connectivity index (χ4v) is 4.04. The molecule has 0 spiro atoms. The molecule has 0 unspecified atom stereocenters. The minimum Gasteiger partial charge on any atom is -0.497 e. The molecule has 2 fully saturated rings. The van der Waals surface area contributed by atoms with Gasteiger partial charge in [-0.05, 0) is 44.7 Å². The Hall–Kier alpha value is -1.26. The van der Waals surface area contributed by atoms with Gasteiger partial charge in [0.15, 0.2) is 5.96 Å². The monoisotopic (exact) mass is 547 g/mol. The van der Waals surface area contributed by atoms with Crippen LogP contribution in [0.4, 0.5) is 0 Å². The molecule has 1 saturated carbocycles. The van der Waals surface area contributed by atoms with Crippen molar-refractivity contribution in [1.29, 1.82) is 0 Å². The number of benzene rings is 1. The van der Waals surface area contributed by atoms with Crippen molar-refractivity contribution in [3.05, 3.63) is 23.8 Å². The lowest BCUT2D eigenvalue weighted by Gasteiger charge is -2.36. The zero-order valence-electron chi connectivity index (χ0n) is 19.1. The molecule has 0 radical (unpaired) electrons. The van der Waals surface area contributed by atoms with Gasteiger partial charge in [0.1, 0.15) is 11.5 Å². The number of hydrogen-bond donors (Lipinski definition) is 2. The maximum atomic E-state index is 6.31. The predicted octanol–water partition coefficient (Wildman–Crippen LogP) is 3.89. The van der Waals surface area contributed by atoms with E-state index in [-0.39, 0.29) is 29.6 Å². The number of rotatable bonds is 9. The Labute approximate surface area is 203 Å². The van der Waals surface area contributed by atoms with Crippen LogP contribution in [0.5, 0.6) is 11.5 Å². The van der Waals surface area contributed by atoms with Crippen LogP contribution in [-0.2, 0) is 16.0 Å².